The van der Waals surface area contributed by atoms with Crippen LogP contribution in [0.4, 0.5) is 18.9 Å². The summed E-state index contributed by atoms with van der Waals surface area (Å²) in [5.74, 6) is 0.0896. The Balaban J connectivity index is 0.00000220. The zero-order chi connectivity index (χ0) is 14.8. The van der Waals surface area contributed by atoms with E-state index in [1.807, 2.05) is 0 Å². The van der Waals surface area contributed by atoms with E-state index in [-0.39, 0.29) is 30.7 Å². The van der Waals surface area contributed by atoms with Gasteiger partial charge >= 0.3 is 11.9 Å². The highest BCUT2D eigenvalue weighted by Gasteiger charge is 2.33. The lowest BCUT2D eigenvalue weighted by Crippen LogP contribution is -2.16. The Morgan fingerprint density at radius 3 is 2.67 bits per heavy atom. The second-order valence-corrected chi connectivity index (χ2v) is 4.61. The summed E-state index contributed by atoms with van der Waals surface area (Å²) in [6.07, 6.45) is -3.73. The first-order valence-corrected chi connectivity index (χ1v) is 6.07. The summed E-state index contributed by atoms with van der Waals surface area (Å²) in [5, 5.41) is 14.0. The van der Waals surface area contributed by atoms with Crippen molar-refractivity contribution >= 4 is 18.1 Å². The molecule has 5 nitrogen and oxygen atoms in total. The number of halogens is 4. The number of nitro groups is 1. The third-order valence-electron chi connectivity index (χ3n) is 3.12. The molecular weight excluding hydrogens is 313 g/mol. The lowest BCUT2D eigenvalue weighted by Gasteiger charge is -2.12. The first-order chi connectivity index (χ1) is 9.38. The monoisotopic (exact) mass is 326 g/mol. The molecule has 1 fully saturated rings. The maximum absolute atomic E-state index is 12.5. The molecule has 0 bridgehead atoms. The van der Waals surface area contributed by atoms with Crippen LogP contribution in [0.2, 0.25) is 0 Å². The van der Waals surface area contributed by atoms with Crippen LogP contribution in [-0.4, -0.2) is 24.6 Å². The fourth-order valence-corrected chi connectivity index (χ4v) is 2.02. The van der Waals surface area contributed by atoms with E-state index >= 15 is 0 Å². The predicted octanol–water partition coefficient (Wildman–Crippen LogP) is 3.02. The van der Waals surface area contributed by atoms with E-state index in [4.69, 9.17) is 4.74 Å². The average molecular weight is 327 g/mol. The fraction of sp³-hybridized carbons (Fsp3) is 0.500. The highest BCUT2D eigenvalue weighted by atomic mass is 35.5. The van der Waals surface area contributed by atoms with E-state index in [1.54, 1.807) is 0 Å². The summed E-state index contributed by atoms with van der Waals surface area (Å²) in [6, 6.07) is 2.29. The maximum atomic E-state index is 12.5. The van der Waals surface area contributed by atoms with Gasteiger partial charge in [-0.05, 0) is 25.1 Å². The van der Waals surface area contributed by atoms with Gasteiger partial charge in [-0.25, -0.2) is 0 Å². The number of nitrogens with one attached hydrogen (secondary N) is 1. The number of nitro benzene ring substituents is 1. The summed E-state index contributed by atoms with van der Waals surface area (Å²) in [6.45, 7) is 1.84. The molecule has 1 aliphatic heterocycles. The van der Waals surface area contributed by atoms with Gasteiger partial charge in [-0.15, -0.1) is 12.4 Å². The Hall–Kier alpha value is -1.54. The highest BCUT2D eigenvalue weighted by Crippen LogP contribution is 2.36. The molecule has 1 aromatic carbocycles. The molecule has 0 radical (unpaired) electrons. The summed E-state index contributed by atoms with van der Waals surface area (Å²) >= 11 is 0. The van der Waals surface area contributed by atoms with Crippen LogP contribution in [-0.2, 0) is 6.18 Å². The maximum Gasteiger partial charge on any atom is 0.416 e. The quantitative estimate of drug-likeness (QED) is 0.682. The van der Waals surface area contributed by atoms with Crippen LogP contribution in [0, 0.1) is 16.0 Å². The summed E-state index contributed by atoms with van der Waals surface area (Å²) in [7, 11) is 0. The van der Waals surface area contributed by atoms with E-state index in [0.717, 1.165) is 31.6 Å². The minimum Gasteiger partial charge on any atom is -0.486 e. The van der Waals surface area contributed by atoms with Crippen LogP contribution in [0.3, 0.4) is 0 Å². The molecule has 0 saturated carbocycles. The molecule has 1 N–H and O–H groups in total. The van der Waals surface area contributed by atoms with Crippen molar-refractivity contribution in [3.05, 3.63) is 33.9 Å². The Morgan fingerprint density at radius 1 is 1.43 bits per heavy atom. The Bertz CT molecular complexity index is 505. The smallest absolute Gasteiger partial charge is 0.416 e. The van der Waals surface area contributed by atoms with Gasteiger partial charge in [0.2, 0.25) is 0 Å². The molecule has 2 rings (SSSR count). The van der Waals surface area contributed by atoms with Crippen molar-refractivity contribution in [1.82, 2.24) is 5.32 Å². The van der Waals surface area contributed by atoms with Gasteiger partial charge < -0.3 is 10.1 Å². The SMILES string of the molecule is Cl.O=[N+]([O-])c1cc(C(F)(F)F)ccc1OCC1CCNC1. The number of nitrogens with zero attached hydrogens (tertiary/aromatic N) is 1. The topological polar surface area (TPSA) is 64.4 Å². The number of rotatable bonds is 4. The molecule has 1 aromatic rings. The molecule has 118 valence electrons. The van der Waals surface area contributed by atoms with Crippen LogP contribution in [0.15, 0.2) is 18.2 Å². The first kappa shape index (κ1) is 17.5. The molecule has 21 heavy (non-hydrogen) atoms. The zero-order valence-electron chi connectivity index (χ0n) is 10.9. The normalized spacial score (nSPS) is 18.1. The second kappa shape index (κ2) is 6.95. The van der Waals surface area contributed by atoms with Gasteiger partial charge in [0, 0.05) is 18.5 Å². The lowest BCUT2D eigenvalue weighted by atomic mass is 10.1. The third-order valence-corrected chi connectivity index (χ3v) is 3.12. The van der Waals surface area contributed by atoms with Gasteiger partial charge in [0.05, 0.1) is 17.1 Å². The highest BCUT2D eigenvalue weighted by molar-refractivity contribution is 5.85. The van der Waals surface area contributed by atoms with Crippen LogP contribution < -0.4 is 10.1 Å². The van der Waals surface area contributed by atoms with Gasteiger partial charge in [0.15, 0.2) is 5.75 Å². The van der Waals surface area contributed by atoms with Gasteiger partial charge in [-0.1, -0.05) is 0 Å². The fourth-order valence-electron chi connectivity index (χ4n) is 2.02. The van der Waals surface area contributed by atoms with E-state index in [2.05, 4.69) is 5.32 Å². The van der Waals surface area contributed by atoms with Crippen LogP contribution in [0.25, 0.3) is 0 Å². The molecule has 0 aliphatic carbocycles. The minimum absolute atomic E-state index is 0. The molecule has 0 aromatic heterocycles. The minimum atomic E-state index is -4.61. The van der Waals surface area contributed by atoms with Crippen LogP contribution in [0.5, 0.6) is 5.75 Å². The van der Waals surface area contributed by atoms with E-state index in [9.17, 15) is 23.3 Å². The van der Waals surface area contributed by atoms with Crippen molar-refractivity contribution in [3.63, 3.8) is 0 Å². The number of alkyl halides is 3. The molecule has 1 saturated heterocycles. The molecule has 9 heteroatoms. The van der Waals surface area contributed by atoms with Gasteiger partial charge in [-0.3, -0.25) is 10.1 Å². The lowest BCUT2D eigenvalue weighted by molar-refractivity contribution is -0.386. The van der Waals surface area contributed by atoms with Crippen molar-refractivity contribution in [2.75, 3.05) is 19.7 Å². The Morgan fingerprint density at radius 2 is 2.14 bits per heavy atom. The summed E-state index contributed by atoms with van der Waals surface area (Å²) in [5.41, 5.74) is -1.72. The van der Waals surface area contributed by atoms with E-state index < -0.39 is 22.4 Å². The standard InChI is InChI=1S/C12H13F3N2O3.ClH/c13-12(14,15)9-1-2-11(10(5-9)17(18)19)20-7-8-3-4-16-6-8;/h1-2,5,8,16H,3-4,6-7H2;1H. The number of hydrogen-bond donors (Lipinski definition) is 1. The largest absolute Gasteiger partial charge is 0.486 e. The molecule has 1 unspecified atom stereocenters. The molecule has 0 spiro atoms. The van der Waals surface area contributed by atoms with Crippen molar-refractivity contribution in [3.8, 4) is 5.75 Å². The van der Waals surface area contributed by atoms with Crippen LogP contribution in [0.1, 0.15) is 12.0 Å². The van der Waals surface area contributed by atoms with Crippen LogP contribution >= 0.6 is 12.4 Å². The predicted molar refractivity (Wildman–Crippen MR) is 71.8 cm³/mol. The van der Waals surface area contributed by atoms with E-state index in [1.165, 1.54) is 0 Å². The van der Waals surface area contributed by atoms with Crippen molar-refractivity contribution < 1.29 is 22.8 Å². The first-order valence-electron chi connectivity index (χ1n) is 6.07. The molecule has 1 atom stereocenters. The Kier molecular flexibility index (Phi) is 5.79. The summed E-state index contributed by atoms with van der Waals surface area (Å²) < 4.78 is 42.9. The third kappa shape index (κ3) is 4.47. The number of ether oxygens (including phenoxy) is 1. The second-order valence-electron chi connectivity index (χ2n) is 4.61. The number of hydrogen-bond acceptors (Lipinski definition) is 4. The molecular formula is C12H14ClF3N2O3. The van der Waals surface area contributed by atoms with E-state index in [0.29, 0.717) is 6.07 Å². The molecule has 1 aliphatic rings. The van der Waals surface area contributed by atoms with Crippen molar-refractivity contribution in [1.29, 1.82) is 0 Å². The number of benzene rings is 1. The van der Waals surface area contributed by atoms with Crippen molar-refractivity contribution in [2.45, 2.75) is 12.6 Å². The van der Waals surface area contributed by atoms with Gasteiger partial charge in [0.1, 0.15) is 0 Å². The summed E-state index contributed by atoms with van der Waals surface area (Å²) in [4.78, 5) is 9.98. The van der Waals surface area contributed by atoms with Gasteiger partial charge in [-0.2, -0.15) is 13.2 Å². The van der Waals surface area contributed by atoms with Gasteiger partial charge in [0.25, 0.3) is 0 Å². The molecule has 1 heterocycles. The molecule has 0 amide bonds. The van der Waals surface area contributed by atoms with Crippen molar-refractivity contribution in [2.24, 2.45) is 5.92 Å². The Labute approximate surface area is 125 Å². The zero-order valence-corrected chi connectivity index (χ0v) is 11.7. The average Bonchev–Trinajstić information content (AvgIpc) is 2.88.